The molecule has 0 amide bonds. The molecule has 0 aromatic heterocycles. The number of benzene rings is 1. The van der Waals surface area contributed by atoms with Gasteiger partial charge in [0.25, 0.3) is 0 Å². The zero-order chi connectivity index (χ0) is 31.0. The highest BCUT2D eigenvalue weighted by atomic mass is 35.5. The van der Waals surface area contributed by atoms with E-state index in [9.17, 15) is 4.79 Å². The molecule has 3 N–H and O–H groups in total. The van der Waals surface area contributed by atoms with Gasteiger partial charge in [-0.15, -0.1) is 24.8 Å². The smallest absolute Gasteiger partial charge is 0.337 e. The quantitative estimate of drug-likeness (QED) is 0.236. The van der Waals surface area contributed by atoms with Crippen LogP contribution >= 0.6 is 24.8 Å². The number of hydrogen-bond donors (Lipinski definition) is 2. The molecule has 45 heavy (non-hydrogen) atoms. The number of nitrogens with one attached hydrogen (secondary N) is 1. The maximum absolute atomic E-state index is 12.1. The van der Waals surface area contributed by atoms with E-state index in [-0.39, 0.29) is 47.2 Å². The van der Waals surface area contributed by atoms with Crippen molar-refractivity contribution in [3.8, 4) is 0 Å². The van der Waals surface area contributed by atoms with Gasteiger partial charge in [-0.2, -0.15) is 0 Å². The number of carbonyl (C=O) groups excluding carboxylic acids is 1. The fourth-order valence-corrected chi connectivity index (χ4v) is 12.8. The third kappa shape index (κ3) is 5.19. The average molecular weight is 660 g/mol. The van der Waals surface area contributed by atoms with Gasteiger partial charge in [-0.25, -0.2) is 4.79 Å². The van der Waals surface area contributed by atoms with E-state index in [1.165, 1.54) is 75.2 Å². The van der Waals surface area contributed by atoms with E-state index in [4.69, 9.17) is 10.5 Å². The lowest BCUT2D eigenvalue weighted by Crippen LogP contribution is -2.68. The predicted molar refractivity (Wildman–Crippen MR) is 192 cm³/mol. The third-order valence-corrected chi connectivity index (χ3v) is 14.9. The summed E-state index contributed by atoms with van der Waals surface area (Å²) in [6, 6.07) is 8.12. The summed E-state index contributed by atoms with van der Waals surface area (Å²) in [5.41, 5.74) is 12.1. The number of rotatable bonds is 6. The van der Waals surface area contributed by atoms with Crippen LogP contribution in [0, 0.1) is 51.2 Å². The first-order chi connectivity index (χ1) is 20.3. The molecular formula is C39H60Cl2N2O2. The van der Waals surface area contributed by atoms with E-state index in [0.29, 0.717) is 40.7 Å². The van der Waals surface area contributed by atoms with Gasteiger partial charge in [0, 0.05) is 18.6 Å². The van der Waals surface area contributed by atoms with Crippen LogP contribution in [0.3, 0.4) is 0 Å². The van der Waals surface area contributed by atoms with Crippen molar-refractivity contribution >= 4 is 36.4 Å². The third-order valence-electron chi connectivity index (χ3n) is 14.9. The topological polar surface area (TPSA) is 64.3 Å². The second-order valence-electron chi connectivity index (χ2n) is 16.7. The molecular weight excluding hydrogens is 599 g/mol. The fraction of sp³-hybridized carbons (Fsp3) is 0.718. The first-order valence-electron chi connectivity index (χ1n) is 17.3. The fourth-order valence-electron chi connectivity index (χ4n) is 12.8. The number of fused-ring (bicyclic) bond motifs is 7. The Kier molecular flexibility index (Phi) is 10.2. The van der Waals surface area contributed by atoms with Gasteiger partial charge in [-0.05, 0) is 139 Å². The molecule has 4 nitrogen and oxygen atoms in total. The van der Waals surface area contributed by atoms with Crippen molar-refractivity contribution in [2.75, 3.05) is 20.2 Å². The summed E-state index contributed by atoms with van der Waals surface area (Å²) in [5.74, 6) is 3.16. The first kappa shape index (κ1) is 36.5. The standard InChI is InChI=1S/C39H58N2O2.2ClH/c1-25(2)28-15-20-39(41-24-23-40)22-21-37(6)30(33(28)39)13-14-32-36(5)18-16-29(26-9-11-27(12-10-26)34(42)43-8)35(3,4)31(36)17-19-38(32,37)7;;/h9-12,16,28,30-33,41H,1,13-15,17-24,40H2,2-8H3;2*1H/t28-,30+,31-,32+,33+,36-,37+,38+,39-;;/m0../s1. The zero-order valence-electron chi connectivity index (χ0n) is 29.0. The molecule has 0 heterocycles. The molecule has 0 unspecified atom stereocenters. The summed E-state index contributed by atoms with van der Waals surface area (Å²) in [4.78, 5) is 12.1. The van der Waals surface area contributed by atoms with Gasteiger partial charge < -0.3 is 15.8 Å². The van der Waals surface area contributed by atoms with Gasteiger partial charge in [0.2, 0.25) is 0 Å². The molecule has 9 atom stereocenters. The molecule has 1 aromatic carbocycles. The summed E-state index contributed by atoms with van der Waals surface area (Å²) in [5, 5.41) is 4.06. The number of esters is 1. The van der Waals surface area contributed by atoms with Crippen LogP contribution in [-0.4, -0.2) is 31.7 Å². The highest BCUT2D eigenvalue weighted by Crippen LogP contribution is 2.76. The number of ether oxygens (including phenoxy) is 1. The molecule has 0 radical (unpaired) electrons. The summed E-state index contributed by atoms with van der Waals surface area (Å²) in [6.45, 7) is 21.6. The number of methoxy groups -OCH3 is 1. The molecule has 1 aromatic rings. The maximum atomic E-state index is 12.1. The number of carbonyl (C=O) groups is 1. The maximum Gasteiger partial charge on any atom is 0.337 e. The van der Waals surface area contributed by atoms with Crippen molar-refractivity contribution in [3.63, 3.8) is 0 Å². The Morgan fingerprint density at radius 1 is 0.933 bits per heavy atom. The van der Waals surface area contributed by atoms with Gasteiger partial charge >= 0.3 is 5.97 Å². The molecule has 0 spiro atoms. The number of nitrogens with two attached hydrogens (primary N) is 1. The van der Waals surface area contributed by atoms with Gasteiger partial charge in [0.1, 0.15) is 0 Å². The molecule has 5 aliphatic carbocycles. The van der Waals surface area contributed by atoms with E-state index in [1.807, 2.05) is 12.1 Å². The van der Waals surface area contributed by atoms with Crippen molar-refractivity contribution in [3.05, 3.63) is 53.6 Å². The van der Waals surface area contributed by atoms with Gasteiger partial charge in [-0.3, -0.25) is 0 Å². The minimum Gasteiger partial charge on any atom is -0.465 e. The van der Waals surface area contributed by atoms with Crippen LogP contribution in [0.2, 0.25) is 0 Å². The van der Waals surface area contributed by atoms with Crippen LogP contribution < -0.4 is 11.1 Å². The summed E-state index contributed by atoms with van der Waals surface area (Å²) >= 11 is 0. The molecule has 5 aliphatic rings. The lowest BCUT2D eigenvalue weighted by atomic mass is 9.33. The first-order valence-corrected chi connectivity index (χ1v) is 17.3. The molecule has 0 aliphatic heterocycles. The largest absolute Gasteiger partial charge is 0.465 e. The Hall–Kier alpha value is -1.33. The van der Waals surface area contributed by atoms with Crippen LogP contribution in [0.25, 0.3) is 5.57 Å². The minimum atomic E-state index is -0.269. The molecule has 0 saturated heterocycles. The SMILES string of the molecule is C=C(C)[C@@H]1CC[C@]2(NCCN)CC[C@]3(C)[C@H](CC[C@@H]4[C@@]5(C)CC=C(c6ccc(C(=O)OC)cc6)C(C)(C)[C@@H]5CC[C@]43C)[C@@H]12.Cl.Cl. The number of allylic oxidation sites excluding steroid dienone is 3. The van der Waals surface area contributed by atoms with E-state index in [1.54, 1.807) is 0 Å². The molecule has 6 heteroatoms. The van der Waals surface area contributed by atoms with E-state index in [2.05, 4.69) is 71.6 Å². The minimum absolute atomic E-state index is 0. The molecule has 252 valence electrons. The van der Waals surface area contributed by atoms with Gasteiger partial charge in [0.15, 0.2) is 0 Å². The highest BCUT2D eigenvalue weighted by molar-refractivity contribution is 5.90. The lowest BCUT2D eigenvalue weighted by molar-refractivity contribution is -0.219. The van der Waals surface area contributed by atoms with E-state index < -0.39 is 0 Å². The van der Waals surface area contributed by atoms with Crippen LogP contribution in [0.5, 0.6) is 0 Å². The Labute approximate surface area is 286 Å². The van der Waals surface area contributed by atoms with Crippen molar-refractivity contribution in [2.45, 2.75) is 105 Å². The Morgan fingerprint density at radius 2 is 1.62 bits per heavy atom. The summed E-state index contributed by atoms with van der Waals surface area (Å²) in [7, 11) is 1.45. The Bertz CT molecular complexity index is 1310. The van der Waals surface area contributed by atoms with E-state index in [0.717, 1.165) is 24.8 Å². The number of halogens is 2. The van der Waals surface area contributed by atoms with Crippen LogP contribution in [0.1, 0.15) is 115 Å². The van der Waals surface area contributed by atoms with E-state index >= 15 is 0 Å². The van der Waals surface area contributed by atoms with Crippen molar-refractivity contribution in [2.24, 2.45) is 57.0 Å². The normalized spacial score (nSPS) is 41.1. The Balaban J connectivity index is 0.00000230. The lowest BCUT2D eigenvalue weighted by Gasteiger charge is -2.72. The zero-order valence-corrected chi connectivity index (χ0v) is 30.6. The second kappa shape index (κ2) is 12.6. The molecule has 6 rings (SSSR count). The van der Waals surface area contributed by atoms with Crippen molar-refractivity contribution in [1.82, 2.24) is 5.32 Å². The molecule has 4 fully saturated rings. The summed E-state index contributed by atoms with van der Waals surface area (Å²) in [6.07, 6.45) is 14.2. The second-order valence-corrected chi connectivity index (χ2v) is 16.7. The van der Waals surface area contributed by atoms with Gasteiger partial charge in [0.05, 0.1) is 12.7 Å². The van der Waals surface area contributed by atoms with Crippen LogP contribution in [-0.2, 0) is 4.74 Å². The summed E-state index contributed by atoms with van der Waals surface area (Å²) < 4.78 is 4.95. The molecule has 0 bridgehead atoms. The average Bonchev–Trinajstić information content (AvgIpc) is 3.36. The van der Waals surface area contributed by atoms with Crippen molar-refractivity contribution in [1.29, 1.82) is 0 Å². The van der Waals surface area contributed by atoms with Gasteiger partial charge in [-0.1, -0.05) is 65.0 Å². The number of hydrogen-bond acceptors (Lipinski definition) is 4. The predicted octanol–water partition coefficient (Wildman–Crippen LogP) is 9.27. The highest BCUT2D eigenvalue weighted by Gasteiger charge is 2.70. The van der Waals surface area contributed by atoms with Crippen LogP contribution in [0.15, 0.2) is 42.5 Å². The molecule has 4 saturated carbocycles. The van der Waals surface area contributed by atoms with Crippen molar-refractivity contribution < 1.29 is 9.53 Å². The Morgan fingerprint density at radius 3 is 2.24 bits per heavy atom. The van der Waals surface area contributed by atoms with Crippen LogP contribution in [0.4, 0.5) is 0 Å². The monoisotopic (exact) mass is 658 g/mol.